The zero-order chi connectivity index (χ0) is 14.9. The minimum absolute atomic E-state index is 0.0737. The van der Waals surface area contributed by atoms with Gasteiger partial charge in [-0.2, -0.15) is 9.99 Å². The molecule has 0 saturated heterocycles. The van der Waals surface area contributed by atoms with E-state index in [2.05, 4.69) is 15.0 Å². The van der Waals surface area contributed by atoms with Crippen molar-refractivity contribution in [1.29, 1.82) is 0 Å². The number of hydrogen-bond acceptors (Lipinski definition) is 6. The number of nitrogens with zero attached hydrogens (tertiary/aromatic N) is 5. The predicted octanol–water partition coefficient (Wildman–Crippen LogP) is 0.876. The van der Waals surface area contributed by atoms with Gasteiger partial charge in [-0.3, -0.25) is 0 Å². The number of alkyl halides is 3. The van der Waals surface area contributed by atoms with Crippen LogP contribution in [0.25, 0.3) is 5.82 Å². The standard InChI is InChI=1S/C9H6ClF3N6O/c10-5-1-2-15-6(3-5)18-4-16-7(17-8(18)20)19(14)9(11,12)13/h1-4H,14H2. The molecule has 0 aliphatic carbocycles. The minimum atomic E-state index is -4.90. The molecule has 7 nitrogen and oxygen atoms in total. The van der Waals surface area contributed by atoms with Crippen molar-refractivity contribution in [2.75, 3.05) is 5.01 Å². The molecular weight excluding hydrogens is 301 g/mol. The summed E-state index contributed by atoms with van der Waals surface area (Å²) in [5.41, 5.74) is -1.02. The molecule has 0 atom stereocenters. The van der Waals surface area contributed by atoms with E-state index >= 15 is 0 Å². The van der Waals surface area contributed by atoms with E-state index in [1.807, 2.05) is 0 Å². The molecule has 0 aromatic carbocycles. The number of aromatic nitrogens is 4. The summed E-state index contributed by atoms with van der Waals surface area (Å²) in [6.07, 6.45) is -2.75. The van der Waals surface area contributed by atoms with Gasteiger partial charge < -0.3 is 0 Å². The van der Waals surface area contributed by atoms with Crippen LogP contribution in [0, 0.1) is 0 Å². The Bertz CT molecular complexity index is 688. The third kappa shape index (κ3) is 2.86. The Morgan fingerprint density at radius 2 is 2.05 bits per heavy atom. The quantitative estimate of drug-likeness (QED) is 0.503. The van der Waals surface area contributed by atoms with Gasteiger partial charge in [0.25, 0.3) is 5.95 Å². The molecule has 0 spiro atoms. The average Bonchev–Trinajstić information content (AvgIpc) is 2.36. The Morgan fingerprint density at radius 3 is 2.60 bits per heavy atom. The molecule has 0 unspecified atom stereocenters. The van der Waals surface area contributed by atoms with Crippen molar-refractivity contribution in [2.45, 2.75) is 6.30 Å². The van der Waals surface area contributed by atoms with E-state index in [4.69, 9.17) is 17.4 Å². The fraction of sp³-hybridized carbons (Fsp3) is 0.111. The molecular formula is C9H6ClF3N6O. The molecule has 0 bridgehead atoms. The molecule has 0 saturated carbocycles. The monoisotopic (exact) mass is 306 g/mol. The number of hydrazine groups is 1. The molecule has 106 valence electrons. The van der Waals surface area contributed by atoms with Crippen LogP contribution in [0.5, 0.6) is 0 Å². The lowest BCUT2D eigenvalue weighted by molar-refractivity contribution is -0.130. The Hall–Kier alpha value is -2.20. The third-order valence-electron chi connectivity index (χ3n) is 2.13. The van der Waals surface area contributed by atoms with Crippen LogP contribution in [-0.2, 0) is 0 Å². The summed E-state index contributed by atoms with van der Waals surface area (Å²) in [6.45, 7) is 0. The largest absolute Gasteiger partial charge is 0.501 e. The van der Waals surface area contributed by atoms with Crippen LogP contribution in [0.15, 0.2) is 29.5 Å². The second kappa shape index (κ2) is 5.06. The zero-order valence-corrected chi connectivity index (χ0v) is 10.3. The van der Waals surface area contributed by atoms with Gasteiger partial charge in [-0.25, -0.2) is 25.2 Å². The number of nitrogens with two attached hydrogens (primary N) is 1. The molecule has 0 amide bonds. The highest BCUT2D eigenvalue weighted by atomic mass is 35.5. The van der Waals surface area contributed by atoms with Crippen LogP contribution in [0.2, 0.25) is 5.02 Å². The van der Waals surface area contributed by atoms with Gasteiger partial charge in [-0.15, -0.1) is 13.2 Å². The van der Waals surface area contributed by atoms with Crippen LogP contribution in [-0.4, -0.2) is 25.8 Å². The van der Waals surface area contributed by atoms with Crippen molar-refractivity contribution in [3.05, 3.63) is 40.2 Å². The molecule has 2 heterocycles. The van der Waals surface area contributed by atoms with Gasteiger partial charge in [-0.1, -0.05) is 11.6 Å². The summed E-state index contributed by atoms with van der Waals surface area (Å²) in [7, 11) is 0. The van der Waals surface area contributed by atoms with E-state index in [1.54, 1.807) is 0 Å². The molecule has 2 aromatic heterocycles. The lowest BCUT2D eigenvalue weighted by Gasteiger charge is -2.18. The summed E-state index contributed by atoms with van der Waals surface area (Å²) in [4.78, 5) is 22.0. The summed E-state index contributed by atoms with van der Waals surface area (Å²) in [5.74, 6) is 3.85. The van der Waals surface area contributed by atoms with E-state index in [0.717, 1.165) is 10.9 Å². The van der Waals surface area contributed by atoms with Gasteiger partial charge in [0.15, 0.2) is 0 Å². The molecule has 11 heteroatoms. The average molecular weight is 307 g/mol. The third-order valence-corrected chi connectivity index (χ3v) is 2.37. The second-order valence-electron chi connectivity index (χ2n) is 3.48. The van der Waals surface area contributed by atoms with Crippen molar-refractivity contribution in [1.82, 2.24) is 19.5 Å². The smallest absolute Gasteiger partial charge is 0.245 e. The lowest BCUT2D eigenvalue weighted by atomic mass is 10.4. The number of rotatable bonds is 2. The number of hydrogen-bond donors (Lipinski definition) is 1. The normalized spacial score (nSPS) is 11.4. The van der Waals surface area contributed by atoms with Crippen molar-refractivity contribution < 1.29 is 13.2 Å². The highest BCUT2D eigenvalue weighted by Crippen LogP contribution is 2.20. The van der Waals surface area contributed by atoms with Gasteiger partial charge in [0, 0.05) is 17.3 Å². The van der Waals surface area contributed by atoms with E-state index in [0.29, 0.717) is 5.02 Å². The minimum Gasteiger partial charge on any atom is -0.245 e. The summed E-state index contributed by atoms with van der Waals surface area (Å²) < 4.78 is 37.8. The highest BCUT2D eigenvalue weighted by Gasteiger charge is 2.37. The van der Waals surface area contributed by atoms with Gasteiger partial charge in [-0.05, 0) is 6.07 Å². The Balaban J connectivity index is 2.44. The van der Waals surface area contributed by atoms with Crippen LogP contribution >= 0.6 is 11.6 Å². The molecule has 20 heavy (non-hydrogen) atoms. The van der Waals surface area contributed by atoms with E-state index in [1.165, 1.54) is 18.3 Å². The first-order valence-electron chi connectivity index (χ1n) is 4.98. The first-order valence-corrected chi connectivity index (χ1v) is 5.36. The molecule has 0 aliphatic heterocycles. The van der Waals surface area contributed by atoms with Crippen LogP contribution in [0.1, 0.15) is 0 Å². The molecule has 2 N–H and O–H groups in total. The Morgan fingerprint density at radius 1 is 1.35 bits per heavy atom. The van der Waals surface area contributed by atoms with Crippen molar-refractivity contribution in [3.63, 3.8) is 0 Å². The number of pyridine rings is 1. The van der Waals surface area contributed by atoms with Crippen LogP contribution < -0.4 is 16.5 Å². The van der Waals surface area contributed by atoms with Crippen molar-refractivity contribution >= 4 is 17.5 Å². The van der Waals surface area contributed by atoms with Gasteiger partial charge in [0.05, 0.1) is 0 Å². The topological polar surface area (TPSA) is 89.9 Å². The van der Waals surface area contributed by atoms with Crippen LogP contribution in [0.4, 0.5) is 19.1 Å². The SMILES string of the molecule is NN(c1ncn(-c2cc(Cl)ccn2)c(=O)n1)C(F)(F)F. The summed E-state index contributed by atoms with van der Waals surface area (Å²) in [5, 5.41) is -0.369. The maximum absolute atomic E-state index is 12.3. The molecule has 2 aromatic rings. The first-order chi connectivity index (χ1) is 9.29. The number of anilines is 1. The molecule has 2 rings (SSSR count). The van der Waals surface area contributed by atoms with E-state index < -0.39 is 22.9 Å². The van der Waals surface area contributed by atoms with Crippen LogP contribution in [0.3, 0.4) is 0 Å². The summed E-state index contributed by atoms with van der Waals surface area (Å²) >= 11 is 5.72. The highest BCUT2D eigenvalue weighted by molar-refractivity contribution is 6.30. The Kier molecular flexibility index (Phi) is 3.59. The zero-order valence-electron chi connectivity index (χ0n) is 9.54. The van der Waals surface area contributed by atoms with E-state index in [-0.39, 0.29) is 5.82 Å². The molecule has 0 fully saturated rings. The van der Waals surface area contributed by atoms with Crippen molar-refractivity contribution in [2.24, 2.45) is 5.84 Å². The van der Waals surface area contributed by atoms with Crippen molar-refractivity contribution in [3.8, 4) is 5.82 Å². The maximum atomic E-state index is 12.3. The predicted molar refractivity (Wildman–Crippen MR) is 63.2 cm³/mol. The first kappa shape index (κ1) is 14.2. The molecule has 0 radical (unpaired) electrons. The van der Waals surface area contributed by atoms with Gasteiger partial charge in [0.1, 0.15) is 12.1 Å². The van der Waals surface area contributed by atoms with Gasteiger partial charge >= 0.3 is 12.0 Å². The fourth-order valence-corrected chi connectivity index (χ4v) is 1.39. The van der Waals surface area contributed by atoms with E-state index in [9.17, 15) is 18.0 Å². The maximum Gasteiger partial charge on any atom is 0.501 e. The second-order valence-corrected chi connectivity index (χ2v) is 3.92. The Labute approximate surface area is 114 Å². The number of halogens is 4. The molecule has 0 aliphatic rings. The summed E-state index contributed by atoms with van der Waals surface area (Å²) in [6, 6.07) is 2.80. The van der Waals surface area contributed by atoms with Gasteiger partial charge in [0.2, 0.25) is 0 Å². The fourth-order valence-electron chi connectivity index (χ4n) is 1.24. The lowest BCUT2D eigenvalue weighted by Crippen LogP contribution is -2.46.